The number of primary amides is 1. The summed E-state index contributed by atoms with van der Waals surface area (Å²) in [6.45, 7) is 0.294. The normalized spacial score (nSPS) is 10.2. The third-order valence-electron chi connectivity index (χ3n) is 2.65. The summed E-state index contributed by atoms with van der Waals surface area (Å²) >= 11 is 0. The van der Waals surface area contributed by atoms with E-state index in [1.807, 2.05) is 6.07 Å². The van der Waals surface area contributed by atoms with Gasteiger partial charge >= 0.3 is 12.1 Å². The Hall–Kier alpha value is -2.83. The molecule has 1 aromatic heterocycles. The van der Waals surface area contributed by atoms with Gasteiger partial charge in [0, 0.05) is 18.1 Å². The van der Waals surface area contributed by atoms with Crippen LogP contribution in [-0.2, 0) is 4.74 Å². The molecule has 0 aliphatic rings. The number of carboxylic acids is 1. The number of nitrogens with two attached hydrogens (primary N) is 1. The van der Waals surface area contributed by atoms with Crippen LogP contribution in [-0.4, -0.2) is 35.3 Å². The van der Waals surface area contributed by atoms with Crippen LogP contribution in [0.5, 0.6) is 0 Å². The van der Waals surface area contributed by atoms with Crippen LogP contribution >= 0.6 is 0 Å². The number of carbonyl (C=O) groups excluding carboxylic acids is 1. The molecule has 104 valence electrons. The second kappa shape index (κ2) is 5.87. The second-order valence-electron chi connectivity index (χ2n) is 3.96. The first kappa shape index (κ1) is 13.6. The van der Waals surface area contributed by atoms with E-state index in [0.29, 0.717) is 16.6 Å². The van der Waals surface area contributed by atoms with Crippen molar-refractivity contribution in [2.24, 2.45) is 5.73 Å². The summed E-state index contributed by atoms with van der Waals surface area (Å²) in [4.78, 5) is 25.8. The summed E-state index contributed by atoms with van der Waals surface area (Å²) < 4.78 is 4.59. The van der Waals surface area contributed by atoms with Crippen molar-refractivity contribution < 1.29 is 19.4 Å². The first-order chi connectivity index (χ1) is 9.59. The number of nitrogens with one attached hydrogen (secondary N) is 1. The van der Waals surface area contributed by atoms with Crippen molar-refractivity contribution in [2.45, 2.75) is 0 Å². The van der Waals surface area contributed by atoms with E-state index in [-0.39, 0.29) is 18.7 Å². The van der Waals surface area contributed by atoms with E-state index >= 15 is 0 Å². The monoisotopic (exact) mass is 275 g/mol. The number of carboxylic acid groups (broad SMARTS) is 1. The van der Waals surface area contributed by atoms with Gasteiger partial charge in [0.05, 0.1) is 11.2 Å². The Balaban J connectivity index is 2.30. The molecule has 1 heterocycles. The largest absolute Gasteiger partial charge is 0.478 e. The molecular weight excluding hydrogens is 262 g/mol. The topological polar surface area (TPSA) is 115 Å². The number of hydrogen-bond donors (Lipinski definition) is 3. The average molecular weight is 275 g/mol. The molecule has 7 heteroatoms. The van der Waals surface area contributed by atoms with Crippen LogP contribution in [0, 0.1) is 0 Å². The van der Waals surface area contributed by atoms with Gasteiger partial charge in [-0.1, -0.05) is 18.2 Å². The highest BCUT2D eigenvalue weighted by atomic mass is 16.5. The molecule has 2 rings (SSSR count). The van der Waals surface area contributed by atoms with Gasteiger partial charge in [-0.3, -0.25) is 4.98 Å². The molecule has 0 fully saturated rings. The van der Waals surface area contributed by atoms with E-state index in [0.717, 1.165) is 0 Å². The van der Waals surface area contributed by atoms with Crippen LogP contribution in [0.4, 0.5) is 10.5 Å². The number of rotatable bonds is 5. The van der Waals surface area contributed by atoms with Crippen molar-refractivity contribution in [1.82, 2.24) is 4.98 Å². The minimum absolute atomic E-state index is 0.0467. The number of hydrogen-bond acceptors (Lipinski definition) is 5. The van der Waals surface area contributed by atoms with E-state index in [1.54, 1.807) is 18.2 Å². The van der Waals surface area contributed by atoms with Gasteiger partial charge in [0.1, 0.15) is 12.2 Å². The van der Waals surface area contributed by atoms with Gasteiger partial charge in [0.2, 0.25) is 0 Å². The quantitative estimate of drug-likeness (QED) is 0.711. The van der Waals surface area contributed by atoms with Gasteiger partial charge in [-0.05, 0) is 6.07 Å². The lowest BCUT2D eigenvalue weighted by Gasteiger charge is -2.12. The number of pyridine rings is 1. The molecule has 0 spiro atoms. The third-order valence-corrected chi connectivity index (χ3v) is 2.65. The van der Waals surface area contributed by atoms with Crippen molar-refractivity contribution in [1.29, 1.82) is 0 Å². The number of aromatic nitrogens is 1. The van der Waals surface area contributed by atoms with Crippen molar-refractivity contribution in [3.05, 3.63) is 36.0 Å². The molecule has 0 aliphatic heterocycles. The van der Waals surface area contributed by atoms with Gasteiger partial charge in [-0.15, -0.1) is 0 Å². The predicted octanol–water partition coefficient (Wildman–Crippen LogP) is 1.44. The molecule has 1 amide bonds. The minimum atomic E-state index is -1.08. The molecular formula is C13H13N3O4. The summed E-state index contributed by atoms with van der Waals surface area (Å²) in [5, 5.41) is 12.8. The first-order valence-electron chi connectivity index (χ1n) is 5.86. The zero-order chi connectivity index (χ0) is 14.5. The Bertz CT molecular complexity index is 657. The van der Waals surface area contributed by atoms with E-state index in [2.05, 4.69) is 15.0 Å². The Morgan fingerprint density at radius 2 is 2.10 bits per heavy atom. The number of fused-ring (bicyclic) bond motifs is 1. The lowest BCUT2D eigenvalue weighted by atomic mass is 10.1. The molecule has 20 heavy (non-hydrogen) atoms. The van der Waals surface area contributed by atoms with Crippen molar-refractivity contribution in [2.75, 3.05) is 18.5 Å². The fraction of sp³-hybridized carbons (Fsp3) is 0.154. The van der Waals surface area contributed by atoms with E-state index < -0.39 is 12.1 Å². The summed E-state index contributed by atoms with van der Waals surface area (Å²) in [6, 6.07) is 7.16. The van der Waals surface area contributed by atoms with E-state index in [9.17, 15) is 14.7 Å². The maximum absolute atomic E-state index is 11.2. The summed E-state index contributed by atoms with van der Waals surface area (Å²) in [5.41, 5.74) is 6.02. The number of anilines is 1. The molecule has 0 unspecified atom stereocenters. The zero-order valence-electron chi connectivity index (χ0n) is 10.5. The maximum atomic E-state index is 11.2. The van der Waals surface area contributed by atoms with Crippen molar-refractivity contribution >= 4 is 28.7 Å². The number of carbonyl (C=O) groups is 2. The van der Waals surface area contributed by atoms with Crippen LogP contribution in [0.25, 0.3) is 10.9 Å². The Morgan fingerprint density at radius 1 is 1.35 bits per heavy atom. The van der Waals surface area contributed by atoms with Gasteiger partial charge < -0.3 is 20.9 Å². The molecule has 0 atom stereocenters. The van der Waals surface area contributed by atoms with Crippen LogP contribution in [0.1, 0.15) is 10.4 Å². The van der Waals surface area contributed by atoms with Crippen molar-refractivity contribution in [3.63, 3.8) is 0 Å². The number of amides is 1. The van der Waals surface area contributed by atoms with Crippen LogP contribution in [0.2, 0.25) is 0 Å². The van der Waals surface area contributed by atoms with Gasteiger partial charge in [0.25, 0.3) is 0 Å². The van der Waals surface area contributed by atoms with Gasteiger partial charge in [-0.2, -0.15) is 0 Å². The SMILES string of the molecule is NC(=O)OCCNc1c(C(=O)O)cnc2ccccc12. The fourth-order valence-corrected chi connectivity index (χ4v) is 1.82. The maximum Gasteiger partial charge on any atom is 0.404 e. The highest BCUT2D eigenvalue weighted by Gasteiger charge is 2.14. The highest BCUT2D eigenvalue weighted by Crippen LogP contribution is 2.25. The Morgan fingerprint density at radius 3 is 2.80 bits per heavy atom. The van der Waals surface area contributed by atoms with Crippen LogP contribution in [0.15, 0.2) is 30.5 Å². The minimum Gasteiger partial charge on any atom is -0.478 e. The van der Waals surface area contributed by atoms with Crippen molar-refractivity contribution in [3.8, 4) is 0 Å². The lowest BCUT2D eigenvalue weighted by molar-refractivity contribution is 0.0697. The Kier molecular flexibility index (Phi) is 3.99. The van der Waals surface area contributed by atoms with Gasteiger partial charge in [-0.25, -0.2) is 9.59 Å². The highest BCUT2D eigenvalue weighted by molar-refractivity contribution is 6.04. The standard InChI is InChI=1S/C13H13N3O4/c14-13(19)20-6-5-15-11-8-3-1-2-4-10(8)16-7-9(11)12(17)18/h1-4,7H,5-6H2,(H2,14,19)(H,15,16)(H,17,18). The van der Waals surface area contributed by atoms with Crippen LogP contribution < -0.4 is 11.1 Å². The number of benzene rings is 1. The number of nitrogens with zero attached hydrogens (tertiary/aromatic N) is 1. The number of para-hydroxylation sites is 1. The van der Waals surface area contributed by atoms with Gasteiger partial charge in [0.15, 0.2) is 0 Å². The summed E-state index contributed by atoms with van der Waals surface area (Å²) in [5.74, 6) is -1.08. The second-order valence-corrected chi connectivity index (χ2v) is 3.96. The molecule has 1 aromatic carbocycles. The first-order valence-corrected chi connectivity index (χ1v) is 5.86. The number of aromatic carboxylic acids is 1. The number of ether oxygens (including phenoxy) is 1. The Labute approximate surface area is 114 Å². The summed E-state index contributed by atoms with van der Waals surface area (Å²) in [6.07, 6.45) is 0.423. The average Bonchev–Trinajstić information content (AvgIpc) is 2.42. The smallest absolute Gasteiger partial charge is 0.404 e. The zero-order valence-corrected chi connectivity index (χ0v) is 10.5. The molecule has 2 aromatic rings. The molecule has 0 saturated carbocycles. The van der Waals surface area contributed by atoms with Crippen LogP contribution in [0.3, 0.4) is 0 Å². The predicted molar refractivity (Wildman–Crippen MR) is 72.7 cm³/mol. The molecule has 0 radical (unpaired) electrons. The molecule has 0 saturated heterocycles. The summed E-state index contributed by atoms with van der Waals surface area (Å²) in [7, 11) is 0. The molecule has 0 bridgehead atoms. The lowest BCUT2D eigenvalue weighted by Crippen LogP contribution is -2.19. The fourth-order valence-electron chi connectivity index (χ4n) is 1.82. The molecule has 4 N–H and O–H groups in total. The third kappa shape index (κ3) is 2.94. The van der Waals surface area contributed by atoms with E-state index in [4.69, 9.17) is 5.73 Å². The van der Waals surface area contributed by atoms with E-state index in [1.165, 1.54) is 6.20 Å². The molecule has 7 nitrogen and oxygen atoms in total. The molecule has 0 aliphatic carbocycles.